The number of hydrogen-bond acceptors (Lipinski definition) is 9. The molecule has 17 heavy (non-hydrogen) atoms. The molecule has 0 saturated heterocycles. The van der Waals surface area contributed by atoms with E-state index in [9.17, 15) is 9.59 Å². The third kappa shape index (κ3) is 4.36. The second kappa shape index (κ2) is 6.45. The molecule has 0 unspecified atom stereocenters. The highest BCUT2D eigenvalue weighted by atomic mass is 32.1. The fourth-order valence-corrected chi connectivity index (χ4v) is 1.10. The van der Waals surface area contributed by atoms with Crippen LogP contribution in [0.4, 0.5) is 0 Å². The van der Waals surface area contributed by atoms with E-state index in [1.165, 1.54) is 6.92 Å². The Kier molecular flexibility index (Phi) is 6.27. The van der Waals surface area contributed by atoms with Crippen LogP contribution in [0.2, 0.25) is 0 Å². The van der Waals surface area contributed by atoms with Crippen molar-refractivity contribution >= 4 is 37.2 Å². The van der Waals surface area contributed by atoms with Crippen molar-refractivity contribution in [1.29, 1.82) is 0 Å². The number of thiol groups is 2. The molecule has 0 aromatic rings. The van der Waals surface area contributed by atoms with Crippen LogP contribution in [0.3, 0.4) is 0 Å². The molecule has 0 amide bonds. The lowest BCUT2D eigenvalue weighted by Gasteiger charge is -2.36. The Hall–Kier alpha value is -0.480. The van der Waals surface area contributed by atoms with Crippen molar-refractivity contribution in [3.05, 3.63) is 0 Å². The van der Waals surface area contributed by atoms with E-state index in [1.807, 2.05) is 0 Å². The number of carbonyl (C=O) groups is 2. The third-order valence-electron chi connectivity index (χ3n) is 1.79. The summed E-state index contributed by atoms with van der Waals surface area (Å²) in [6.07, 6.45) is -0.379. The van der Waals surface area contributed by atoms with Crippen molar-refractivity contribution in [2.45, 2.75) is 25.1 Å². The maximum absolute atomic E-state index is 11.1. The van der Waals surface area contributed by atoms with Gasteiger partial charge >= 0.3 is 23.7 Å². The lowest BCUT2D eigenvalue weighted by atomic mass is 10.1. The van der Waals surface area contributed by atoms with Gasteiger partial charge in [-0.15, -0.1) is 0 Å². The standard InChI is InChI=1S/C8H14O7S2/c1-2-7(8(11,12)13,14-5(9)3-16)15-6(10)4-17/h11-13,16-17H,2-4H2,1H3. The molecule has 0 aromatic heterocycles. The summed E-state index contributed by atoms with van der Waals surface area (Å²) < 4.78 is 9.06. The molecular formula is C8H14O7S2. The number of hydrogen-bond donors (Lipinski definition) is 5. The zero-order valence-electron chi connectivity index (χ0n) is 8.99. The quantitative estimate of drug-likeness (QED) is 0.233. The zero-order valence-corrected chi connectivity index (χ0v) is 10.8. The largest absolute Gasteiger partial charge is 0.414 e. The van der Waals surface area contributed by atoms with Crippen LogP contribution in [0.1, 0.15) is 13.3 Å². The van der Waals surface area contributed by atoms with Crippen LogP contribution in [-0.2, 0) is 19.1 Å². The molecule has 0 radical (unpaired) electrons. The molecule has 7 nitrogen and oxygen atoms in total. The fourth-order valence-electron chi connectivity index (χ4n) is 0.972. The van der Waals surface area contributed by atoms with Crippen LogP contribution in [0, 0.1) is 0 Å². The number of aliphatic hydroxyl groups is 3. The minimum atomic E-state index is -3.53. The van der Waals surface area contributed by atoms with Gasteiger partial charge in [0.15, 0.2) is 0 Å². The van der Waals surface area contributed by atoms with Crippen molar-refractivity contribution < 1.29 is 34.4 Å². The molecular weight excluding hydrogens is 272 g/mol. The summed E-state index contributed by atoms with van der Waals surface area (Å²) in [7, 11) is 0. The van der Waals surface area contributed by atoms with Crippen LogP contribution in [0.25, 0.3) is 0 Å². The second-order valence-electron chi connectivity index (χ2n) is 3.01. The van der Waals surface area contributed by atoms with Gasteiger partial charge in [-0.2, -0.15) is 25.3 Å². The summed E-state index contributed by atoms with van der Waals surface area (Å²) in [4.78, 5) is 22.1. The summed E-state index contributed by atoms with van der Waals surface area (Å²) in [6.45, 7) is 1.31. The Labute approximate surface area is 109 Å². The van der Waals surface area contributed by atoms with Crippen molar-refractivity contribution in [3.8, 4) is 0 Å². The molecule has 0 saturated carbocycles. The van der Waals surface area contributed by atoms with Gasteiger partial charge in [0, 0.05) is 6.42 Å². The lowest BCUT2D eigenvalue weighted by Crippen LogP contribution is -2.59. The van der Waals surface area contributed by atoms with Crippen molar-refractivity contribution in [2.24, 2.45) is 0 Å². The van der Waals surface area contributed by atoms with E-state index in [0.29, 0.717) is 0 Å². The predicted molar refractivity (Wildman–Crippen MR) is 62.3 cm³/mol. The summed E-state index contributed by atoms with van der Waals surface area (Å²) in [5, 5.41) is 27.4. The van der Waals surface area contributed by atoms with Gasteiger partial charge < -0.3 is 24.8 Å². The number of rotatable bonds is 6. The van der Waals surface area contributed by atoms with Gasteiger partial charge in [-0.3, -0.25) is 9.59 Å². The Bertz CT molecular complexity index is 268. The molecule has 3 N–H and O–H groups in total. The van der Waals surface area contributed by atoms with Crippen LogP contribution >= 0.6 is 25.3 Å². The first-order valence-corrected chi connectivity index (χ1v) is 5.81. The monoisotopic (exact) mass is 286 g/mol. The maximum Gasteiger partial charge on any atom is 0.357 e. The van der Waals surface area contributed by atoms with Gasteiger partial charge in [0.1, 0.15) is 0 Å². The second-order valence-corrected chi connectivity index (χ2v) is 3.64. The van der Waals surface area contributed by atoms with Crippen molar-refractivity contribution in [1.82, 2.24) is 0 Å². The molecule has 0 heterocycles. The number of esters is 2. The average Bonchev–Trinajstić information content (AvgIpc) is 2.25. The first-order valence-electron chi connectivity index (χ1n) is 4.55. The first kappa shape index (κ1) is 16.5. The van der Waals surface area contributed by atoms with Gasteiger partial charge in [0.2, 0.25) is 0 Å². The highest BCUT2D eigenvalue weighted by Gasteiger charge is 2.55. The molecule has 0 aliphatic carbocycles. The zero-order chi connectivity index (χ0) is 13.7. The first-order chi connectivity index (χ1) is 7.72. The minimum Gasteiger partial charge on any atom is -0.414 e. The maximum atomic E-state index is 11.1. The predicted octanol–water partition coefficient (Wildman–Crippen LogP) is -1.33. The van der Waals surface area contributed by atoms with E-state index in [4.69, 9.17) is 15.3 Å². The summed E-state index contributed by atoms with van der Waals surface area (Å²) in [5.74, 6) is -8.91. The summed E-state index contributed by atoms with van der Waals surface area (Å²) >= 11 is 7.20. The van der Waals surface area contributed by atoms with Crippen LogP contribution < -0.4 is 0 Å². The van der Waals surface area contributed by atoms with Gasteiger partial charge in [-0.05, 0) is 0 Å². The SMILES string of the molecule is CCC(OC(=O)CS)(OC(=O)CS)C(O)(O)O. The number of ether oxygens (including phenoxy) is 2. The number of carbonyl (C=O) groups excluding carboxylic acids is 2. The van der Waals surface area contributed by atoms with Crippen molar-refractivity contribution in [2.75, 3.05) is 11.5 Å². The molecule has 0 spiro atoms. The van der Waals surface area contributed by atoms with Crippen LogP contribution in [-0.4, -0.2) is 50.5 Å². The van der Waals surface area contributed by atoms with E-state index in [0.717, 1.165) is 0 Å². The van der Waals surface area contributed by atoms with E-state index in [-0.39, 0.29) is 6.42 Å². The molecule has 0 fully saturated rings. The van der Waals surface area contributed by atoms with Gasteiger partial charge in [-0.1, -0.05) is 6.92 Å². The normalized spacial score (nSPS) is 12.1. The smallest absolute Gasteiger partial charge is 0.357 e. The fraction of sp³-hybridized carbons (Fsp3) is 0.750. The van der Waals surface area contributed by atoms with Crippen LogP contribution in [0.15, 0.2) is 0 Å². The molecule has 0 atom stereocenters. The Morgan fingerprint density at radius 3 is 1.59 bits per heavy atom. The topological polar surface area (TPSA) is 113 Å². The van der Waals surface area contributed by atoms with E-state index < -0.39 is 35.2 Å². The molecule has 0 aliphatic heterocycles. The van der Waals surface area contributed by atoms with Gasteiger partial charge in [-0.25, -0.2) is 0 Å². The lowest BCUT2D eigenvalue weighted by molar-refractivity contribution is -0.444. The highest BCUT2D eigenvalue weighted by molar-refractivity contribution is 7.81. The third-order valence-corrected chi connectivity index (χ3v) is 2.31. The van der Waals surface area contributed by atoms with Crippen LogP contribution in [0.5, 0.6) is 0 Å². The van der Waals surface area contributed by atoms with E-state index in [1.54, 1.807) is 0 Å². The molecule has 0 rings (SSSR count). The van der Waals surface area contributed by atoms with Gasteiger partial charge in [0.05, 0.1) is 11.5 Å². The molecule has 9 heteroatoms. The highest BCUT2D eigenvalue weighted by Crippen LogP contribution is 2.28. The summed E-state index contributed by atoms with van der Waals surface area (Å²) in [5.41, 5.74) is 0. The molecule has 0 aromatic carbocycles. The average molecular weight is 286 g/mol. The van der Waals surface area contributed by atoms with E-state index in [2.05, 4.69) is 34.7 Å². The molecule has 0 bridgehead atoms. The Morgan fingerprint density at radius 2 is 1.41 bits per heavy atom. The van der Waals surface area contributed by atoms with E-state index >= 15 is 0 Å². The van der Waals surface area contributed by atoms with Gasteiger partial charge in [0.25, 0.3) is 0 Å². The Balaban J connectivity index is 5.15. The Morgan fingerprint density at radius 1 is 1.06 bits per heavy atom. The minimum absolute atomic E-state index is 0.379. The van der Waals surface area contributed by atoms with Crippen molar-refractivity contribution in [3.63, 3.8) is 0 Å². The summed E-state index contributed by atoms with van der Waals surface area (Å²) in [6, 6.07) is 0. The molecule has 100 valence electrons. The molecule has 0 aliphatic rings.